The van der Waals surface area contributed by atoms with Gasteiger partial charge in [0.25, 0.3) is 9.82 Å². The number of aliphatic hydroxyl groups excluding tert-OH is 2. The number of benzene rings is 1. The average molecular weight is 660 g/mol. The van der Waals surface area contributed by atoms with Crippen molar-refractivity contribution in [3.05, 3.63) is 64.3 Å². The molecule has 1 aromatic heterocycles. The number of ketones is 2. The summed E-state index contributed by atoms with van der Waals surface area (Å²) >= 11 is 1.48. The molecule has 0 saturated heterocycles. The average Bonchev–Trinajstić information content (AvgIpc) is 2.87. The highest BCUT2D eigenvalue weighted by Gasteiger charge is 2.63. The molecule has 3 aliphatic rings. The van der Waals surface area contributed by atoms with Crippen LogP contribution in [0.4, 0.5) is 10.5 Å². The number of hydrogen-bond acceptors (Lipinski definition) is 10. The highest BCUT2D eigenvalue weighted by Crippen LogP contribution is 2.53. The molecule has 40 heavy (non-hydrogen) atoms. The lowest BCUT2D eigenvalue weighted by Gasteiger charge is -2.50. The molecule has 1 heterocycles. The third-order valence-corrected chi connectivity index (χ3v) is 8.17. The van der Waals surface area contributed by atoms with Crippen LogP contribution in [-0.2, 0) is 16.0 Å². The summed E-state index contributed by atoms with van der Waals surface area (Å²) in [4.78, 5) is 57.3. The summed E-state index contributed by atoms with van der Waals surface area (Å²) < 4.78 is -0.536. The van der Waals surface area contributed by atoms with Crippen LogP contribution < -0.4 is 11.1 Å². The van der Waals surface area contributed by atoms with E-state index in [1.807, 2.05) is 0 Å². The topological polar surface area (TPSA) is 203 Å². The first-order valence-electron chi connectivity index (χ1n) is 12.2. The number of pyridine rings is 1. The van der Waals surface area contributed by atoms with Crippen molar-refractivity contribution in [3.63, 3.8) is 0 Å². The van der Waals surface area contributed by atoms with E-state index in [1.165, 1.54) is 33.6 Å². The van der Waals surface area contributed by atoms with Gasteiger partial charge in [-0.05, 0) is 56.6 Å². The Morgan fingerprint density at radius 3 is 2.48 bits per heavy atom. The molecule has 7 N–H and O–H groups in total. The number of aromatic nitrogens is 1. The molecular formula is C27H25IN4O8. The predicted molar refractivity (Wildman–Crippen MR) is 150 cm³/mol. The van der Waals surface area contributed by atoms with Crippen molar-refractivity contribution in [2.75, 3.05) is 19.4 Å². The van der Waals surface area contributed by atoms with E-state index in [-0.39, 0.29) is 29.7 Å². The van der Waals surface area contributed by atoms with E-state index in [9.17, 15) is 39.6 Å². The molecule has 208 valence electrons. The van der Waals surface area contributed by atoms with Crippen molar-refractivity contribution >= 4 is 49.7 Å². The molecule has 0 fully saturated rings. The maximum absolute atomic E-state index is 14.0. The number of likely N-dealkylation sites (N-methyl/N-ethyl adjacent to an activating group) is 1. The number of fused-ring (bicyclic) bond motifs is 3. The summed E-state index contributed by atoms with van der Waals surface area (Å²) in [7, 11) is 3.13. The minimum atomic E-state index is -2.74. The van der Waals surface area contributed by atoms with Gasteiger partial charge < -0.3 is 31.5 Å². The van der Waals surface area contributed by atoms with Crippen LogP contribution in [0.1, 0.15) is 22.3 Å². The maximum Gasteiger partial charge on any atom is 0.285 e. The number of nitrogens with two attached hydrogens (primary N) is 1. The Morgan fingerprint density at radius 1 is 1.20 bits per heavy atom. The highest BCUT2D eigenvalue weighted by molar-refractivity contribution is 14.1. The fourth-order valence-electron chi connectivity index (χ4n) is 6.27. The second kappa shape index (κ2) is 9.67. The number of rotatable bonds is 4. The van der Waals surface area contributed by atoms with Gasteiger partial charge in [-0.25, -0.2) is 0 Å². The van der Waals surface area contributed by atoms with Gasteiger partial charge in [0.1, 0.15) is 17.1 Å². The molecular weight excluding hydrogens is 635 g/mol. The van der Waals surface area contributed by atoms with Crippen LogP contribution in [0.3, 0.4) is 0 Å². The molecule has 0 spiro atoms. The van der Waals surface area contributed by atoms with Crippen LogP contribution >= 0.6 is 22.6 Å². The zero-order chi connectivity index (χ0) is 29.3. The number of aliphatic hydroxyl groups is 3. The Labute approximate surface area is 241 Å². The van der Waals surface area contributed by atoms with Gasteiger partial charge in [-0.2, -0.15) is 0 Å². The number of phenolic OH excluding ortho intramolecular Hbond substituents is 1. The zero-order valence-corrected chi connectivity index (χ0v) is 23.5. The molecule has 4 atom stereocenters. The number of anilines is 1. The lowest BCUT2D eigenvalue weighted by molar-refractivity contribution is -0.148. The number of hydrogen-bond donors (Lipinski definition) is 6. The van der Waals surface area contributed by atoms with Gasteiger partial charge in [0, 0.05) is 45.8 Å². The zero-order valence-electron chi connectivity index (χ0n) is 21.3. The van der Waals surface area contributed by atoms with E-state index >= 15 is 0 Å². The monoisotopic (exact) mass is 660 g/mol. The van der Waals surface area contributed by atoms with Crippen LogP contribution in [0.2, 0.25) is 0 Å². The number of carbonyl (C=O) groups excluding carboxylic acids is 4. The highest BCUT2D eigenvalue weighted by atomic mass is 127. The Balaban J connectivity index is 1.77. The largest absolute Gasteiger partial charge is 0.510 e. The maximum atomic E-state index is 14.0. The van der Waals surface area contributed by atoms with Crippen LogP contribution in [0, 0.1) is 11.8 Å². The predicted octanol–water partition coefficient (Wildman–Crippen LogP) is 2.15. The summed E-state index contributed by atoms with van der Waals surface area (Å²) in [5.41, 5.74) is 2.50. The quantitative estimate of drug-likeness (QED) is 0.0928. The number of nitrogens with zero attached hydrogens (tertiary/aromatic N) is 2. The third-order valence-electron chi connectivity index (χ3n) is 7.90. The molecule has 3 aliphatic carbocycles. The molecule has 2 amide bonds. The summed E-state index contributed by atoms with van der Waals surface area (Å²) in [6.07, 6.45) is 1.60. The molecule has 0 aliphatic heterocycles. The number of carbonyl (C=O) groups is 4. The third kappa shape index (κ3) is 3.90. The fourth-order valence-corrected chi connectivity index (χ4v) is 6.56. The number of halogens is 1. The Bertz CT molecular complexity index is 1570. The molecule has 0 bridgehead atoms. The van der Waals surface area contributed by atoms with Gasteiger partial charge in [-0.3, -0.25) is 29.1 Å². The van der Waals surface area contributed by atoms with E-state index in [0.29, 0.717) is 16.8 Å². The normalized spacial score (nSPS) is 25.9. The van der Waals surface area contributed by atoms with Gasteiger partial charge in [0.05, 0.1) is 23.0 Å². The molecule has 0 radical (unpaired) electrons. The number of aromatic hydroxyl groups is 1. The van der Waals surface area contributed by atoms with Gasteiger partial charge in [-0.1, -0.05) is 6.07 Å². The van der Waals surface area contributed by atoms with E-state index in [4.69, 9.17) is 5.73 Å². The molecule has 3 unspecified atom stereocenters. The minimum Gasteiger partial charge on any atom is -0.510 e. The van der Waals surface area contributed by atoms with Crippen LogP contribution in [-0.4, -0.2) is 77.4 Å². The summed E-state index contributed by atoms with van der Waals surface area (Å²) in [6, 6.07) is 5.56. The molecule has 2 aromatic rings. The lowest BCUT2D eigenvalue weighted by Crippen LogP contribution is -2.63. The van der Waals surface area contributed by atoms with Crippen molar-refractivity contribution in [1.29, 1.82) is 0 Å². The first-order valence-corrected chi connectivity index (χ1v) is 13.3. The number of Topliss-reactive ketones (excluding diaryl/α,β-unsaturated/α-hetero) is 2. The SMILES string of the molecule is CN(C)C1C(O)=C(C(N)=O)C(=O)[C@@]2(O)C(O)=C3C(=O)c4c(O)c(NC(=O)I)cc(-c5ccccn5)c4CC3CC12. The van der Waals surface area contributed by atoms with Crippen LogP contribution in [0.25, 0.3) is 11.3 Å². The number of phenols is 1. The van der Waals surface area contributed by atoms with E-state index in [2.05, 4.69) is 10.3 Å². The lowest BCUT2D eigenvalue weighted by atomic mass is 9.58. The number of allylic oxidation sites excluding steroid dienone is 1. The molecule has 0 saturated carbocycles. The summed E-state index contributed by atoms with van der Waals surface area (Å²) in [6.45, 7) is 0. The molecule has 13 heteroatoms. The summed E-state index contributed by atoms with van der Waals surface area (Å²) in [5.74, 6) is -7.49. The van der Waals surface area contributed by atoms with Crippen LogP contribution in [0.15, 0.2) is 53.1 Å². The molecule has 12 nitrogen and oxygen atoms in total. The van der Waals surface area contributed by atoms with Crippen molar-refractivity contribution < 1.29 is 39.6 Å². The Kier molecular flexibility index (Phi) is 6.71. The summed E-state index contributed by atoms with van der Waals surface area (Å²) in [5, 5.41) is 47.7. The van der Waals surface area contributed by atoms with E-state index < -0.39 is 67.7 Å². The number of amides is 2. The fraction of sp³-hybridized carbons (Fsp3) is 0.296. The van der Waals surface area contributed by atoms with Crippen molar-refractivity contribution in [2.24, 2.45) is 17.6 Å². The van der Waals surface area contributed by atoms with Crippen molar-refractivity contribution in [2.45, 2.75) is 24.5 Å². The van der Waals surface area contributed by atoms with Crippen LogP contribution in [0.5, 0.6) is 5.75 Å². The van der Waals surface area contributed by atoms with Crippen molar-refractivity contribution in [1.82, 2.24) is 9.88 Å². The van der Waals surface area contributed by atoms with Gasteiger partial charge in [0.15, 0.2) is 17.1 Å². The Hall–Kier alpha value is -3.82. The molecule has 1 aromatic carbocycles. The van der Waals surface area contributed by atoms with Gasteiger partial charge in [-0.15, -0.1) is 0 Å². The first kappa shape index (κ1) is 27.7. The van der Waals surface area contributed by atoms with Crippen molar-refractivity contribution in [3.8, 4) is 17.0 Å². The first-order chi connectivity index (χ1) is 18.8. The Morgan fingerprint density at radius 2 is 1.90 bits per heavy atom. The number of primary amides is 1. The van der Waals surface area contributed by atoms with E-state index in [1.54, 1.807) is 38.5 Å². The van der Waals surface area contributed by atoms with E-state index in [0.717, 1.165) is 0 Å². The smallest absolute Gasteiger partial charge is 0.285 e. The number of nitrogens with one attached hydrogen (secondary N) is 1. The van der Waals surface area contributed by atoms with Gasteiger partial charge >= 0.3 is 0 Å². The second-order valence-corrected chi connectivity index (χ2v) is 11.2. The van der Waals surface area contributed by atoms with Gasteiger partial charge in [0.2, 0.25) is 5.78 Å². The minimum absolute atomic E-state index is 0.0413. The standard InChI is InChI=1S/C27H25IN4O8/c1-32(2)19-13-8-10-7-12-11(14-5-3-4-6-30-14)9-15(31-26(28)39)20(33)17(12)21(34)16(10)23(36)27(13,40)24(37)18(22(19)35)25(29)38/h3-6,9-10,13,19,33,35-36,40H,7-8H2,1-2H3,(H2,29,38)(H,31,39)/t10?,13?,19?,27-/m0/s1. The molecule has 5 rings (SSSR count). The second-order valence-electron chi connectivity index (χ2n) is 10.3.